The molecule has 1 heterocycles. The molecule has 0 bridgehead atoms. The molecule has 1 N–H and O–H groups in total. The number of amides is 1. The van der Waals surface area contributed by atoms with Gasteiger partial charge in [-0.3, -0.25) is 4.57 Å². The maximum Gasteiger partial charge on any atom is 0.337 e. The summed E-state index contributed by atoms with van der Waals surface area (Å²) in [5, 5.41) is 2.98. The van der Waals surface area contributed by atoms with E-state index in [1.165, 1.54) is 23.8 Å². The van der Waals surface area contributed by atoms with Crippen LogP contribution in [0, 0.1) is 11.3 Å². The Kier molecular flexibility index (Phi) is 6.28. The van der Waals surface area contributed by atoms with Gasteiger partial charge in [0.05, 0.1) is 11.0 Å². The van der Waals surface area contributed by atoms with Crippen LogP contribution in [-0.2, 0) is 6.54 Å². The van der Waals surface area contributed by atoms with Crippen molar-refractivity contribution in [3.05, 3.63) is 34.7 Å². The van der Waals surface area contributed by atoms with Gasteiger partial charge in [-0.25, -0.2) is 14.2 Å². The van der Waals surface area contributed by atoms with E-state index in [0.29, 0.717) is 24.5 Å². The zero-order valence-electron chi connectivity index (χ0n) is 17.7. The number of fused-ring (bicyclic) bond motifs is 1. The van der Waals surface area contributed by atoms with Crippen molar-refractivity contribution >= 4 is 17.1 Å². The van der Waals surface area contributed by atoms with Gasteiger partial charge in [0.25, 0.3) is 0 Å². The molecule has 1 fully saturated rings. The summed E-state index contributed by atoms with van der Waals surface area (Å²) in [6, 6.07) is 7.28. The number of carbonyl (C=O) groups excluding carboxylic acids is 1. The van der Waals surface area contributed by atoms with Gasteiger partial charge in [-0.05, 0) is 50.4 Å². The lowest BCUT2D eigenvalue weighted by molar-refractivity contribution is 0.216. The summed E-state index contributed by atoms with van der Waals surface area (Å²) < 4.78 is 3.11. The Morgan fingerprint density at radius 3 is 2.43 bits per heavy atom. The Morgan fingerprint density at radius 2 is 1.79 bits per heavy atom. The van der Waals surface area contributed by atoms with Gasteiger partial charge in [0.15, 0.2) is 0 Å². The third kappa shape index (κ3) is 4.66. The summed E-state index contributed by atoms with van der Waals surface area (Å²) in [5.41, 5.74) is 1.23. The van der Waals surface area contributed by atoms with E-state index in [2.05, 4.69) is 24.1 Å². The minimum Gasteiger partial charge on any atom is -0.337 e. The number of aromatic nitrogens is 2. The Morgan fingerprint density at radius 1 is 1.14 bits per heavy atom. The lowest BCUT2D eigenvalue weighted by Crippen LogP contribution is -2.44. The number of carbonyl (C=O) groups is 1. The van der Waals surface area contributed by atoms with Gasteiger partial charge in [0.2, 0.25) is 0 Å². The van der Waals surface area contributed by atoms with E-state index in [1.807, 2.05) is 38.4 Å². The topological polar surface area (TPSA) is 59.3 Å². The highest BCUT2D eigenvalue weighted by molar-refractivity contribution is 5.89. The van der Waals surface area contributed by atoms with Crippen LogP contribution >= 0.6 is 0 Å². The third-order valence-electron chi connectivity index (χ3n) is 5.67. The first-order valence-corrected chi connectivity index (χ1v) is 10.4. The third-order valence-corrected chi connectivity index (χ3v) is 5.67. The Balaban J connectivity index is 1.85. The van der Waals surface area contributed by atoms with Crippen molar-refractivity contribution in [1.82, 2.24) is 19.4 Å². The van der Waals surface area contributed by atoms with Crippen molar-refractivity contribution in [3.63, 3.8) is 0 Å². The van der Waals surface area contributed by atoms with E-state index >= 15 is 0 Å². The van der Waals surface area contributed by atoms with E-state index in [-0.39, 0.29) is 17.1 Å². The highest BCUT2D eigenvalue weighted by Gasteiger charge is 2.24. The minimum atomic E-state index is -0.338. The number of para-hydroxylation sites is 2. The molecule has 0 aliphatic heterocycles. The second-order valence-corrected chi connectivity index (χ2v) is 9.28. The quantitative estimate of drug-likeness (QED) is 0.826. The number of benzene rings is 1. The standard InChI is InChI=1S/C22H34N4O2/c1-22(2,16-24(3)4)15-23-20(27)26-19-13-9-8-12-18(19)25(21(26)28)14-17-10-6-5-7-11-17/h8-9,12-13,17H,5-7,10-11,14-16H2,1-4H3,(H,23,27). The van der Waals surface area contributed by atoms with Crippen LogP contribution in [0.25, 0.3) is 11.0 Å². The van der Waals surface area contributed by atoms with Crippen molar-refractivity contribution in [2.75, 3.05) is 27.2 Å². The molecule has 28 heavy (non-hydrogen) atoms. The van der Waals surface area contributed by atoms with Gasteiger partial charge in [-0.2, -0.15) is 0 Å². The van der Waals surface area contributed by atoms with E-state index in [4.69, 9.17) is 0 Å². The number of imidazole rings is 1. The first kappa shape index (κ1) is 20.6. The van der Waals surface area contributed by atoms with E-state index in [1.54, 1.807) is 4.57 Å². The Labute approximate surface area is 167 Å². The van der Waals surface area contributed by atoms with Crippen LogP contribution in [0.15, 0.2) is 29.1 Å². The molecule has 1 saturated carbocycles. The average molecular weight is 387 g/mol. The summed E-state index contributed by atoms with van der Waals surface area (Å²) in [6.45, 7) is 6.29. The van der Waals surface area contributed by atoms with Gasteiger partial charge >= 0.3 is 11.7 Å². The molecular formula is C22H34N4O2. The number of nitrogens with one attached hydrogen (secondary N) is 1. The molecule has 0 unspecified atom stereocenters. The maximum absolute atomic E-state index is 13.2. The zero-order valence-corrected chi connectivity index (χ0v) is 17.7. The van der Waals surface area contributed by atoms with Crippen LogP contribution in [0.4, 0.5) is 4.79 Å². The highest BCUT2D eigenvalue weighted by atomic mass is 16.2. The van der Waals surface area contributed by atoms with Gasteiger partial charge in [0, 0.05) is 19.6 Å². The van der Waals surface area contributed by atoms with Crippen LogP contribution in [0.1, 0.15) is 46.0 Å². The number of rotatable bonds is 6. The smallest absolute Gasteiger partial charge is 0.337 e. The molecule has 1 amide bonds. The lowest BCUT2D eigenvalue weighted by Gasteiger charge is -2.28. The molecule has 1 aromatic heterocycles. The maximum atomic E-state index is 13.2. The fourth-order valence-corrected chi connectivity index (χ4v) is 4.51. The molecule has 1 aromatic carbocycles. The molecule has 6 heteroatoms. The summed E-state index contributed by atoms with van der Waals surface area (Å²) in [4.78, 5) is 28.2. The van der Waals surface area contributed by atoms with Crippen LogP contribution < -0.4 is 11.0 Å². The molecule has 0 radical (unpaired) electrons. The largest absolute Gasteiger partial charge is 0.337 e. The summed E-state index contributed by atoms with van der Waals surface area (Å²) in [5.74, 6) is 0.521. The monoisotopic (exact) mass is 386 g/mol. The predicted molar refractivity (Wildman–Crippen MR) is 114 cm³/mol. The molecule has 2 aromatic rings. The number of hydrogen-bond acceptors (Lipinski definition) is 3. The second-order valence-electron chi connectivity index (χ2n) is 9.28. The van der Waals surface area contributed by atoms with Crippen LogP contribution in [-0.4, -0.2) is 47.3 Å². The Hall–Kier alpha value is -2.08. The fraction of sp³-hybridized carbons (Fsp3) is 0.636. The molecular weight excluding hydrogens is 352 g/mol. The fourth-order valence-electron chi connectivity index (χ4n) is 4.51. The first-order chi connectivity index (χ1) is 13.3. The molecule has 1 aliphatic rings. The van der Waals surface area contributed by atoms with Crippen LogP contribution in [0.2, 0.25) is 0 Å². The lowest BCUT2D eigenvalue weighted by atomic mass is 9.89. The molecule has 0 saturated heterocycles. The minimum absolute atomic E-state index is 0.0801. The summed E-state index contributed by atoms with van der Waals surface area (Å²) >= 11 is 0. The van der Waals surface area contributed by atoms with Gasteiger partial charge in [-0.1, -0.05) is 45.2 Å². The number of hydrogen-bond donors (Lipinski definition) is 1. The molecule has 0 atom stereocenters. The molecule has 3 rings (SSSR count). The highest BCUT2D eigenvalue weighted by Crippen LogP contribution is 2.26. The normalized spacial score (nSPS) is 16.0. The van der Waals surface area contributed by atoms with Crippen LogP contribution in [0.5, 0.6) is 0 Å². The van der Waals surface area contributed by atoms with E-state index in [0.717, 1.165) is 24.9 Å². The van der Waals surface area contributed by atoms with Gasteiger partial charge in [0.1, 0.15) is 0 Å². The predicted octanol–water partition coefficient (Wildman–Crippen LogP) is 3.53. The first-order valence-electron chi connectivity index (χ1n) is 10.4. The van der Waals surface area contributed by atoms with Gasteiger partial charge in [-0.15, -0.1) is 0 Å². The second kappa shape index (κ2) is 8.52. The van der Waals surface area contributed by atoms with E-state index < -0.39 is 0 Å². The van der Waals surface area contributed by atoms with Crippen LogP contribution in [0.3, 0.4) is 0 Å². The summed E-state index contributed by atoms with van der Waals surface area (Å²) in [7, 11) is 4.04. The van der Waals surface area contributed by atoms with Gasteiger partial charge < -0.3 is 10.2 Å². The Bertz CT molecular complexity index is 872. The molecule has 0 spiro atoms. The molecule has 6 nitrogen and oxygen atoms in total. The molecule has 154 valence electrons. The van der Waals surface area contributed by atoms with Crippen molar-refractivity contribution in [1.29, 1.82) is 0 Å². The van der Waals surface area contributed by atoms with Crippen molar-refractivity contribution < 1.29 is 4.79 Å². The SMILES string of the molecule is CN(C)CC(C)(C)CNC(=O)n1c(=O)n(CC2CCCCC2)c2ccccc21. The molecule has 1 aliphatic carbocycles. The van der Waals surface area contributed by atoms with E-state index in [9.17, 15) is 9.59 Å². The number of nitrogens with zero attached hydrogens (tertiary/aromatic N) is 3. The van der Waals surface area contributed by atoms with Crippen molar-refractivity contribution in [3.8, 4) is 0 Å². The zero-order chi connectivity index (χ0) is 20.3. The average Bonchev–Trinajstić information content (AvgIpc) is 2.92. The summed E-state index contributed by atoms with van der Waals surface area (Å²) in [6.07, 6.45) is 6.09. The van der Waals surface area contributed by atoms with Crippen molar-refractivity contribution in [2.24, 2.45) is 11.3 Å². The van der Waals surface area contributed by atoms with Crippen molar-refractivity contribution in [2.45, 2.75) is 52.5 Å².